The minimum Gasteiger partial charge on any atom is -0.455 e. The van der Waals surface area contributed by atoms with E-state index in [0.717, 1.165) is 42.2 Å². The first kappa shape index (κ1) is 21.4. The molecule has 1 aromatic heterocycles. The molecule has 0 spiro atoms. The highest BCUT2D eigenvalue weighted by molar-refractivity contribution is 7.99. The summed E-state index contributed by atoms with van der Waals surface area (Å²) in [7, 11) is 0. The molecule has 1 amide bonds. The zero-order valence-electron chi connectivity index (χ0n) is 16.5. The van der Waals surface area contributed by atoms with Gasteiger partial charge in [-0.3, -0.25) is 9.59 Å². The number of thioether (sulfide) groups is 1. The summed E-state index contributed by atoms with van der Waals surface area (Å²) in [5, 5.41) is 11.7. The fourth-order valence-electron chi connectivity index (χ4n) is 3.43. The van der Waals surface area contributed by atoms with Crippen LogP contribution >= 0.6 is 23.4 Å². The van der Waals surface area contributed by atoms with Crippen LogP contribution in [0, 0.1) is 0 Å². The number of carbonyl (C=O) groups excluding carboxylic acids is 2. The van der Waals surface area contributed by atoms with Crippen LogP contribution in [0.15, 0.2) is 58.2 Å². The maximum absolute atomic E-state index is 12.2. The van der Waals surface area contributed by atoms with Crippen molar-refractivity contribution in [3.8, 4) is 11.5 Å². The van der Waals surface area contributed by atoms with E-state index in [1.165, 1.54) is 5.56 Å². The van der Waals surface area contributed by atoms with Gasteiger partial charge in [-0.2, -0.15) is 0 Å². The molecule has 31 heavy (non-hydrogen) atoms. The molecule has 1 aliphatic rings. The first-order chi connectivity index (χ1) is 15.1. The van der Waals surface area contributed by atoms with Crippen molar-refractivity contribution >= 4 is 35.2 Å². The molecule has 1 atom stereocenters. The monoisotopic (exact) mass is 457 g/mol. The molecule has 1 aliphatic carbocycles. The number of carbonyl (C=O) groups is 2. The molecule has 0 aliphatic heterocycles. The summed E-state index contributed by atoms with van der Waals surface area (Å²) in [6.45, 7) is -0.322. The first-order valence-electron chi connectivity index (χ1n) is 9.83. The van der Waals surface area contributed by atoms with Crippen LogP contribution in [0.1, 0.15) is 30.0 Å². The van der Waals surface area contributed by atoms with Gasteiger partial charge in [0.1, 0.15) is 5.75 Å². The normalized spacial score (nSPS) is 15.2. The summed E-state index contributed by atoms with van der Waals surface area (Å²) in [5.74, 6) is -0.556. The molecule has 2 aromatic carbocycles. The molecule has 1 heterocycles. The predicted octanol–water partition coefficient (Wildman–Crippen LogP) is 4.22. The molecule has 4 rings (SSSR count). The summed E-state index contributed by atoms with van der Waals surface area (Å²) in [6, 6.07) is 15.0. The highest BCUT2D eigenvalue weighted by atomic mass is 35.5. The second kappa shape index (κ2) is 9.98. The van der Waals surface area contributed by atoms with Crippen LogP contribution in [0.5, 0.6) is 0 Å². The van der Waals surface area contributed by atoms with Crippen LogP contribution in [0.25, 0.3) is 11.5 Å². The highest BCUT2D eigenvalue weighted by Crippen LogP contribution is 2.29. The molecule has 160 valence electrons. The van der Waals surface area contributed by atoms with Crippen molar-refractivity contribution in [1.29, 1.82) is 0 Å². The summed E-state index contributed by atoms with van der Waals surface area (Å²) in [4.78, 5) is 24.2. The molecular weight excluding hydrogens is 438 g/mol. The number of rotatable bonds is 7. The van der Waals surface area contributed by atoms with Gasteiger partial charge in [-0.1, -0.05) is 47.6 Å². The molecular formula is C22H20ClN3O4S. The van der Waals surface area contributed by atoms with Crippen molar-refractivity contribution in [1.82, 2.24) is 15.5 Å². The zero-order chi connectivity index (χ0) is 21.6. The van der Waals surface area contributed by atoms with Gasteiger partial charge in [0.2, 0.25) is 5.89 Å². The fourth-order valence-corrected chi connectivity index (χ4v) is 4.11. The molecule has 0 radical (unpaired) electrons. The van der Waals surface area contributed by atoms with Crippen LogP contribution in [0.2, 0.25) is 5.02 Å². The van der Waals surface area contributed by atoms with E-state index in [-0.39, 0.29) is 29.5 Å². The summed E-state index contributed by atoms with van der Waals surface area (Å²) >= 11 is 6.92. The second-order valence-corrected chi connectivity index (χ2v) is 8.40. The van der Waals surface area contributed by atoms with E-state index in [1.54, 1.807) is 24.3 Å². The Hall–Kier alpha value is -2.84. The Kier molecular flexibility index (Phi) is 6.89. The van der Waals surface area contributed by atoms with Crippen LogP contribution in [0.3, 0.4) is 0 Å². The van der Waals surface area contributed by atoms with Crippen molar-refractivity contribution in [3.63, 3.8) is 0 Å². The Bertz CT molecular complexity index is 1070. The number of fused-ring (bicyclic) bond motifs is 1. The lowest BCUT2D eigenvalue weighted by Gasteiger charge is -2.26. The van der Waals surface area contributed by atoms with Gasteiger partial charge in [0.15, 0.2) is 6.61 Å². The van der Waals surface area contributed by atoms with Gasteiger partial charge in [0.25, 0.3) is 11.1 Å². The minimum absolute atomic E-state index is 0.0399. The Labute approximate surface area is 188 Å². The van der Waals surface area contributed by atoms with E-state index in [0.29, 0.717) is 10.9 Å². The van der Waals surface area contributed by atoms with Crippen LogP contribution < -0.4 is 5.32 Å². The molecule has 0 unspecified atom stereocenters. The van der Waals surface area contributed by atoms with E-state index in [9.17, 15) is 9.59 Å². The maximum Gasteiger partial charge on any atom is 0.316 e. The quantitative estimate of drug-likeness (QED) is 0.419. The Morgan fingerprint density at radius 2 is 1.97 bits per heavy atom. The van der Waals surface area contributed by atoms with E-state index < -0.39 is 5.97 Å². The van der Waals surface area contributed by atoms with Gasteiger partial charge in [0.05, 0.1) is 6.04 Å². The molecule has 9 heteroatoms. The Morgan fingerprint density at radius 3 is 2.81 bits per heavy atom. The third kappa shape index (κ3) is 5.65. The number of hydrogen-bond acceptors (Lipinski definition) is 7. The summed E-state index contributed by atoms with van der Waals surface area (Å²) < 4.78 is 10.6. The van der Waals surface area contributed by atoms with Crippen molar-refractivity contribution in [3.05, 3.63) is 64.7 Å². The van der Waals surface area contributed by atoms with Gasteiger partial charge >= 0.3 is 5.97 Å². The topological polar surface area (TPSA) is 94.3 Å². The average Bonchev–Trinajstić information content (AvgIpc) is 3.26. The number of benzene rings is 2. The average molecular weight is 458 g/mol. The molecule has 7 nitrogen and oxygen atoms in total. The van der Waals surface area contributed by atoms with E-state index in [1.807, 2.05) is 18.2 Å². The lowest BCUT2D eigenvalue weighted by atomic mass is 9.88. The minimum atomic E-state index is -0.532. The third-order valence-corrected chi connectivity index (χ3v) is 5.92. The smallest absolute Gasteiger partial charge is 0.316 e. The largest absolute Gasteiger partial charge is 0.455 e. The second-order valence-electron chi connectivity index (χ2n) is 7.04. The molecule has 0 saturated carbocycles. The number of esters is 1. The predicted molar refractivity (Wildman–Crippen MR) is 117 cm³/mol. The molecule has 3 aromatic rings. The van der Waals surface area contributed by atoms with Gasteiger partial charge in [0, 0.05) is 10.6 Å². The van der Waals surface area contributed by atoms with E-state index in [2.05, 4.69) is 21.6 Å². The zero-order valence-corrected chi connectivity index (χ0v) is 18.1. The van der Waals surface area contributed by atoms with E-state index in [4.69, 9.17) is 20.8 Å². The van der Waals surface area contributed by atoms with E-state index >= 15 is 0 Å². The van der Waals surface area contributed by atoms with Crippen molar-refractivity contribution in [2.24, 2.45) is 0 Å². The van der Waals surface area contributed by atoms with Gasteiger partial charge in [-0.05, 0) is 54.7 Å². The van der Waals surface area contributed by atoms with Gasteiger partial charge in [-0.25, -0.2) is 0 Å². The van der Waals surface area contributed by atoms with Crippen molar-refractivity contribution in [2.45, 2.75) is 30.5 Å². The Balaban J connectivity index is 1.22. The highest BCUT2D eigenvalue weighted by Gasteiger charge is 2.22. The number of amides is 1. The van der Waals surface area contributed by atoms with Crippen LogP contribution in [-0.4, -0.2) is 34.4 Å². The standard InChI is InChI=1S/C22H20ClN3O4S/c23-16-10-8-15(9-11-16)21-25-26-22(30-21)31-13-20(28)29-12-19(27)24-18-7-3-5-14-4-1-2-6-17(14)18/h1-2,4,6,8-11,18H,3,5,7,12-13H2,(H,24,27)/t18-/m0/s1. The third-order valence-electron chi connectivity index (χ3n) is 4.88. The number of halogens is 1. The van der Waals surface area contributed by atoms with Crippen molar-refractivity contribution < 1.29 is 18.7 Å². The number of aryl methyl sites for hydroxylation is 1. The lowest BCUT2D eigenvalue weighted by molar-refractivity contribution is -0.146. The summed E-state index contributed by atoms with van der Waals surface area (Å²) in [5.41, 5.74) is 3.12. The molecule has 0 bridgehead atoms. The number of nitrogens with one attached hydrogen (secondary N) is 1. The number of nitrogens with zero attached hydrogens (tertiary/aromatic N) is 2. The first-order valence-corrected chi connectivity index (χ1v) is 11.2. The SMILES string of the molecule is O=C(COC(=O)CSc1nnc(-c2ccc(Cl)cc2)o1)N[C@H]1CCCc2ccccc21. The number of ether oxygens (including phenoxy) is 1. The lowest BCUT2D eigenvalue weighted by Crippen LogP contribution is -2.34. The van der Waals surface area contributed by atoms with Crippen LogP contribution in [-0.2, 0) is 20.7 Å². The van der Waals surface area contributed by atoms with Crippen molar-refractivity contribution in [2.75, 3.05) is 12.4 Å². The maximum atomic E-state index is 12.2. The number of hydrogen-bond donors (Lipinski definition) is 1. The summed E-state index contributed by atoms with van der Waals surface area (Å²) in [6.07, 6.45) is 2.91. The molecule has 0 saturated heterocycles. The van der Waals surface area contributed by atoms with Crippen LogP contribution in [0.4, 0.5) is 0 Å². The fraction of sp³-hybridized carbons (Fsp3) is 0.273. The van der Waals surface area contributed by atoms with Gasteiger partial charge < -0.3 is 14.5 Å². The number of aromatic nitrogens is 2. The molecule has 0 fully saturated rings. The molecule has 1 N–H and O–H groups in total. The van der Waals surface area contributed by atoms with Gasteiger partial charge in [-0.15, -0.1) is 10.2 Å². The Morgan fingerprint density at radius 1 is 1.16 bits per heavy atom.